The van der Waals surface area contributed by atoms with Crippen LogP contribution in [0.25, 0.3) is 62.1 Å². The number of fused-ring (bicyclic) bond motifs is 5. The van der Waals surface area contributed by atoms with Crippen molar-refractivity contribution in [3.05, 3.63) is 222 Å². The molecule has 1 aliphatic rings. The summed E-state index contributed by atoms with van der Waals surface area (Å²) >= 11 is 0. The lowest BCUT2D eigenvalue weighted by Gasteiger charge is -2.34. The number of rotatable bonds is 7. The van der Waals surface area contributed by atoms with Crippen molar-refractivity contribution in [2.75, 3.05) is 0 Å². The Morgan fingerprint density at radius 3 is 1.61 bits per heavy atom. The van der Waals surface area contributed by atoms with Crippen LogP contribution in [0.2, 0.25) is 0 Å². The molecule has 0 unspecified atom stereocenters. The van der Waals surface area contributed by atoms with Crippen molar-refractivity contribution in [2.45, 2.75) is 12.3 Å². The van der Waals surface area contributed by atoms with E-state index in [9.17, 15) is 0 Å². The van der Waals surface area contributed by atoms with Gasteiger partial charge in [0.05, 0.1) is 16.6 Å². The lowest BCUT2D eigenvalue weighted by Crippen LogP contribution is -2.28. The zero-order valence-electron chi connectivity index (χ0n) is 28.6. The molecule has 0 radical (unpaired) electrons. The average Bonchev–Trinajstić information content (AvgIpc) is 3.69. The standard InChI is InChI=1S/C50H37N/c1-3-19-44-46(4-2)51(41-33-37(35-20-9-5-10-21-35)32-38(34-41)36-22-11-6-12-23-36)47-31-30-43-42-28-17-18-29-45(42)50(49(43)48(44)47,39-24-13-7-14-25-39)40-26-15-8-16-27-40/h3-34H,2H2,1H3. The van der Waals surface area contributed by atoms with Gasteiger partial charge in [0, 0.05) is 16.6 Å². The van der Waals surface area contributed by atoms with E-state index in [1.165, 1.54) is 66.6 Å². The van der Waals surface area contributed by atoms with Gasteiger partial charge < -0.3 is 4.57 Å². The molecule has 0 saturated heterocycles. The molecule has 8 aromatic rings. The van der Waals surface area contributed by atoms with Crippen LogP contribution in [0.4, 0.5) is 0 Å². The summed E-state index contributed by atoms with van der Waals surface area (Å²) in [5, 5.41) is 1.25. The van der Waals surface area contributed by atoms with Crippen LogP contribution in [0.15, 0.2) is 189 Å². The molecule has 242 valence electrons. The van der Waals surface area contributed by atoms with E-state index in [4.69, 9.17) is 0 Å². The zero-order valence-corrected chi connectivity index (χ0v) is 28.6. The van der Waals surface area contributed by atoms with E-state index in [2.05, 4.69) is 206 Å². The predicted octanol–water partition coefficient (Wildman–Crippen LogP) is 13.0. The molecular weight excluding hydrogens is 615 g/mol. The Bertz CT molecular complexity index is 2480. The minimum atomic E-state index is -0.532. The largest absolute Gasteiger partial charge is 0.309 e. The first-order valence-corrected chi connectivity index (χ1v) is 17.7. The summed E-state index contributed by atoms with van der Waals surface area (Å²) < 4.78 is 2.43. The van der Waals surface area contributed by atoms with Gasteiger partial charge in [0.1, 0.15) is 0 Å². The number of benzene rings is 7. The molecule has 1 aromatic heterocycles. The van der Waals surface area contributed by atoms with Crippen LogP contribution in [-0.4, -0.2) is 4.57 Å². The fraction of sp³-hybridized carbons (Fsp3) is 0.0400. The van der Waals surface area contributed by atoms with Crippen LogP contribution in [-0.2, 0) is 5.41 Å². The summed E-state index contributed by atoms with van der Waals surface area (Å²) in [5.74, 6) is 0. The number of aromatic nitrogens is 1. The van der Waals surface area contributed by atoms with Crippen LogP contribution in [0, 0.1) is 0 Å². The molecule has 1 heteroatoms. The molecule has 0 N–H and O–H groups in total. The van der Waals surface area contributed by atoms with Gasteiger partial charge in [-0.2, -0.15) is 0 Å². The monoisotopic (exact) mass is 651 g/mol. The Balaban J connectivity index is 1.45. The second-order valence-electron chi connectivity index (χ2n) is 13.2. The van der Waals surface area contributed by atoms with Gasteiger partial charge in [0.15, 0.2) is 0 Å². The Hall–Kier alpha value is -6.44. The normalized spacial score (nSPS) is 13.0. The van der Waals surface area contributed by atoms with E-state index in [1.807, 2.05) is 6.08 Å². The SMILES string of the molecule is C=Cc1c(C=CC)c2c3c(ccc2n1-c1cc(-c2ccccc2)cc(-c2ccccc2)c1)-c1ccccc1C3(c1ccccc1)c1ccccc1. The molecule has 1 aliphatic carbocycles. The zero-order chi connectivity index (χ0) is 34.4. The third-order valence-electron chi connectivity index (χ3n) is 10.5. The molecule has 9 rings (SSSR count). The van der Waals surface area contributed by atoms with Crippen molar-refractivity contribution < 1.29 is 0 Å². The van der Waals surface area contributed by atoms with Crippen LogP contribution >= 0.6 is 0 Å². The maximum Gasteiger partial charge on any atom is 0.0720 e. The maximum atomic E-state index is 4.45. The van der Waals surface area contributed by atoms with E-state index in [1.54, 1.807) is 0 Å². The first-order valence-electron chi connectivity index (χ1n) is 17.7. The molecule has 1 nitrogen and oxygen atoms in total. The van der Waals surface area contributed by atoms with Gasteiger partial charge in [-0.1, -0.05) is 170 Å². The van der Waals surface area contributed by atoms with E-state index >= 15 is 0 Å². The van der Waals surface area contributed by atoms with Gasteiger partial charge >= 0.3 is 0 Å². The van der Waals surface area contributed by atoms with Gasteiger partial charge in [0.2, 0.25) is 0 Å². The van der Waals surface area contributed by atoms with E-state index < -0.39 is 5.41 Å². The van der Waals surface area contributed by atoms with Gasteiger partial charge in [0.25, 0.3) is 0 Å². The summed E-state index contributed by atoms with van der Waals surface area (Å²) in [6, 6.07) is 64.2. The summed E-state index contributed by atoms with van der Waals surface area (Å²) in [6.07, 6.45) is 6.48. The summed E-state index contributed by atoms with van der Waals surface area (Å²) in [7, 11) is 0. The second-order valence-corrected chi connectivity index (χ2v) is 13.2. The minimum absolute atomic E-state index is 0.532. The van der Waals surface area contributed by atoms with Crippen LogP contribution in [0.3, 0.4) is 0 Å². The summed E-state index contributed by atoms with van der Waals surface area (Å²) in [4.78, 5) is 0. The third-order valence-corrected chi connectivity index (χ3v) is 10.5. The van der Waals surface area contributed by atoms with E-state index in [0.717, 1.165) is 16.9 Å². The highest BCUT2D eigenvalue weighted by molar-refractivity contribution is 6.06. The van der Waals surface area contributed by atoms with Gasteiger partial charge in [-0.25, -0.2) is 0 Å². The first-order chi connectivity index (χ1) is 25.2. The van der Waals surface area contributed by atoms with Gasteiger partial charge in [-0.15, -0.1) is 0 Å². The highest BCUT2D eigenvalue weighted by atomic mass is 15.0. The topological polar surface area (TPSA) is 4.93 Å². The lowest BCUT2D eigenvalue weighted by atomic mass is 9.66. The molecule has 0 amide bonds. The lowest BCUT2D eigenvalue weighted by molar-refractivity contribution is 0.775. The van der Waals surface area contributed by atoms with Gasteiger partial charge in [-0.3, -0.25) is 0 Å². The van der Waals surface area contributed by atoms with Crippen molar-refractivity contribution in [3.63, 3.8) is 0 Å². The van der Waals surface area contributed by atoms with Crippen molar-refractivity contribution in [2.24, 2.45) is 0 Å². The van der Waals surface area contributed by atoms with Crippen LogP contribution in [0.1, 0.15) is 40.4 Å². The molecule has 51 heavy (non-hydrogen) atoms. The quantitative estimate of drug-likeness (QED) is 0.162. The summed E-state index contributed by atoms with van der Waals surface area (Å²) in [5.41, 5.74) is 16.4. The average molecular weight is 652 g/mol. The molecule has 0 bridgehead atoms. The molecule has 0 atom stereocenters. The molecular formula is C50H37N. The Labute approximate surface area is 300 Å². The number of allylic oxidation sites excluding steroid dienone is 1. The molecule has 0 saturated carbocycles. The Morgan fingerprint density at radius 2 is 1.06 bits per heavy atom. The second kappa shape index (κ2) is 12.5. The first kappa shape index (κ1) is 30.6. The number of hydrogen-bond acceptors (Lipinski definition) is 0. The highest BCUT2D eigenvalue weighted by Gasteiger charge is 2.48. The van der Waals surface area contributed by atoms with E-state index in [0.29, 0.717) is 0 Å². The number of hydrogen-bond donors (Lipinski definition) is 0. The van der Waals surface area contributed by atoms with Crippen LogP contribution in [0.5, 0.6) is 0 Å². The smallest absolute Gasteiger partial charge is 0.0720 e. The van der Waals surface area contributed by atoms with Crippen molar-refractivity contribution >= 4 is 23.1 Å². The van der Waals surface area contributed by atoms with Gasteiger partial charge in [-0.05, 0) is 92.9 Å². The van der Waals surface area contributed by atoms with Crippen molar-refractivity contribution in [1.29, 1.82) is 0 Å². The van der Waals surface area contributed by atoms with E-state index in [-0.39, 0.29) is 0 Å². The summed E-state index contributed by atoms with van der Waals surface area (Å²) in [6.45, 7) is 6.56. The molecule has 1 heterocycles. The predicted molar refractivity (Wildman–Crippen MR) is 216 cm³/mol. The number of nitrogens with zero attached hydrogens (tertiary/aromatic N) is 1. The van der Waals surface area contributed by atoms with Crippen molar-refractivity contribution in [1.82, 2.24) is 4.57 Å². The fourth-order valence-electron chi connectivity index (χ4n) is 8.51. The molecule has 0 fully saturated rings. The fourth-order valence-corrected chi connectivity index (χ4v) is 8.51. The van der Waals surface area contributed by atoms with Crippen LogP contribution < -0.4 is 0 Å². The maximum absolute atomic E-state index is 4.45. The molecule has 7 aromatic carbocycles. The molecule has 0 aliphatic heterocycles. The Morgan fingerprint density at radius 1 is 0.529 bits per heavy atom. The Kier molecular flexibility index (Phi) is 7.48. The van der Waals surface area contributed by atoms with Crippen molar-refractivity contribution in [3.8, 4) is 39.1 Å². The third kappa shape index (κ3) is 4.70. The highest BCUT2D eigenvalue weighted by Crippen LogP contribution is 2.59. The minimum Gasteiger partial charge on any atom is -0.309 e. The molecule has 0 spiro atoms.